The summed E-state index contributed by atoms with van der Waals surface area (Å²) < 4.78 is 0. The molecule has 1 N–H and O–H groups in total. The van der Waals surface area contributed by atoms with Gasteiger partial charge in [0.1, 0.15) is 5.82 Å². The molecular weight excluding hydrogens is 204 g/mol. The van der Waals surface area contributed by atoms with Gasteiger partial charge >= 0.3 is 0 Å². The summed E-state index contributed by atoms with van der Waals surface area (Å²) in [6.07, 6.45) is 3.89. The van der Waals surface area contributed by atoms with Crippen LogP contribution >= 0.6 is 0 Å². The van der Waals surface area contributed by atoms with Gasteiger partial charge in [-0.1, -0.05) is 6.42 Å². The Morgan fingerprint density at radius 1 is 1.38 bits per heavy atom. The smallest absolute Gasteiger partial charge is 0.293 e. The topological polar surface area (TPSA) is 61.9 Å². The predicted molar refractivity (Wildman–Crippen MR) is 57.9 cm³/mol. The van der Waals surface area contributed by atoms with Gasteiger partial charge in [0.15, 0.2) is 0 Å². The van der Waals surface area contributed by atoms with Crippen LogP contribution in [0, 0.1) is 18.8 Å². The van der Waals surface area contributed by atoms with Crippen molar-refractivity contribution in [2.45, 2.75) is 26.2 Å². The number of hydrogen-bond acceptors (Lipinski definition) is 3. The fourth-order valence-corrected chi connectivity index (χ4v) is 2.98. The van der Waals surface area contributed by atoms with Crippen LogP contribution in [0.3, 0.4) is 0 Å². The maximum atomic E-state index is 12.1. The number of nitrogens with zero attached hydrogens (tertiary/aromatic N) is 3. The minimum Gasteiger partial charge on any atom is -0.335 e. The van der Waals surface area contributed by atoms with Crippen molar-refractivity contribution in [1.29, 1.82) is 0 Å². The van der Waals surface area contributed by atoms with Gasteiger partial charge in [-0.2, -0.15) is 0 Å². The molecule has 86 valence electrons. The van der Waals surface area contributed by atoms with Gasteiger partial charge in [0.05, 0.1) is 0 Å². The molecule has 1 aliphatic carbocycles. The summed E-state index contributed by atoms with van der Waals surface area (Å²) in [7, 11) is 0. The second-order valence-corrected chi connectivity index (χ2v) is 4.91. The zero-order valence-corrected chi connectivity index (χ0v) is 9.44. The third-order valence-corrected chi connectivity index (χ3v) is 3.80. The standard InChI is InChI=1S/C11H16N4O/c1-7-12-10(14-13-7)11(16)15-5-8-3-2-4-9(8)6-15/h8-9H,2-6H2,1H3,(H,12,13,14). The van der Waals surface area contributed by atoms with Crippen LogP contribution < -0.4 is 0 Å². The first-order valence-electron chi connectivity index (χ1n) is 5.92. The van der Waals surface area contributed by atoms with E-state index in [4.69, 9.17) is 0 Å². The summed E-state index contributed by atoms with van der Waals surface area (Å²) in [6, 6.07) is 0. The van der Waals surface area contributed by atoms with Crippen LogP contribution in [0.1, 0.15) is 35.7 Å². The number of rotatable bonds is 1. The summed E-state index contributed by atoms with van der Waals surface area (Å²) in [5, 5.41) is 6.64. The van der Waals surface area contributed by atoms with E-state index in [-0.39, 0.29) is 5.91 Å². The lowest BCUT2D eigenvalue weighted by Gasteiger charge is -2.14. The van der Waals surface area contributed by atoms with E-state index in [0.29, 0.717) is 11.6 Å². The number of aryl methyl sites for hydroxylation is 1. The van der Waals surface area contributed by atoms with E-state index in [9.17, 15) is 4.79 Å². The first-order chi connectivity index (χ1) is 7.74. The maximum absolute atomic E-state index is 12.1. The molecule has 2 heterocycles. The van der Waals surface area contributed by atoms with Crippen molar-refractivity contribution in [3.05, 3.63) is 11.6 Å². The zero-order chi connectivity index (χ0) is 11.1. The molecule has 2 aliphatic rings. The summed E-state index contributed by atoms with van der Waals surface area (Å²) in [5.41, 5.74) is 0. The van der Waals surface area contributed by atoms with E-state index in [1.165, 1.54) is 19.3 Å². The van der Waals surface area contributed by atoms with Gasteiger partial charge in [-0.05, 0) is 31.6 Å². The van der Waals surface area contributed by atoms with Gasteiger partial charge < -0.3 is 4.90 Å². The molecule has 3 rings (SSSR count). The lowest BCUT2D eigenvalue weighted by molar-refractivity contribution is 0.0769. The van der Waals surface area contributed by atoms with Crippen LogP contribution in [0.15, 0.2) is 0 Å². The van der Waals surface area contributed by atoms with Crippen LogP contribution in [0.5, 0.6) is 0 Å². The van der Waals surface area contributed by atoms with Gasteiger partial charge in [-0.15, -0.1) is 5.10 Å². The second kappa shape index (κ2) is 3.57. The van der Waals surface area contributed by atoms with E-state index in [0.717, 1.165) is 24.9 Å². The molecule has 1 aromatic rings. The minimum atomic E-state index is -0.0150. The van der Waals surface area contributed by atoms with E-state index in [1.807, 2.05) is 11.8 Å². The highest BCUT2D eigenvalue weighted by molar-refractivity contribution is 5.90. The monoisotopic (exact) mass is 220 g/mol. The molecule has 1 saturated carbocycles. The fourth-order valence-electron chi connectivity index (χ4n) is 2.98. The molecule has 2 fully saturated rings. The van der Waals surface area contributed by atoms with Crippen LogP contribution in [0.25, 0.3) is 0 Å². The Morgan fingerprint density at radius 2 is 2.06 bits per heavy atom. The molecule has 2 atom stereocenters. The Hall–Kier alpha value is -1.39. The molecule has 0 bridgehead atoms. The zero-order valence-electron chi connectivity index (χ0n) is 9.44. The summed E-state index contributed by atoms with van der Waals surface area (Å²) in [6.45, 7) is 3.61. The largest absolute Gasteiger partial charge is 0.335 e. The Morgan fingerprint density at radius 3 is 2.62 bits per heavy atom. The highest BCUT2D eigenvalue weighted by Gasteiger charge is 2.38. The summed E-state index contributed by atoms with van der Waals surface area (Å²) in [4.78, 5) is 18.1. The van der Waals surface area contributed by atoms with Gasteiger partial charge in [0, 0.05) is 13.1 Å². The Labute approximate surface area is 94.2 Å². The van der Waals surface area contributed by atoms with Crippen LogP contribution in [0.2, 0.25) is 0 Å². The normalized spacial score (nSPS) is 28.4. The van der Waals surface area contributed by atoms with Crippen molar-refractivity contribution in [2.75, 3.05) is 13.1 Å². The highest BCUT2D eigenvalue weighted by atomic mass is 16.2. The van der Waals surface area contributed by atoms with Crippen molar-refractivity contribution >= 4 is 5.91 Å². The molecule has 0 aromatic carbocycles. The number of aromatic nitrogens is 3. The number of hydrogen-bond donors (Lipinski definition) is 1. The maximum Gasteiger partial charge on any atom is 0.293 e. The molecule has 1 saturated heterocycles. The molecule has 1 aromatic heterocycles. The number of carbonyl (C=O) groups excluding carboxylic acids is 1. The van der Waals surface area contributed by atoms with Crippen molar-refractivity contribution in [2.24, 2.45) is 11.8 Å². The Balaban J connectivity index is 1.73. The number of carbonyl (C=O) groups is 1. The number of H-pyrrole nitrogens is 1. The number of fused-ring (bicyclic) bond motifs is 1. The third-order valence-electron chi connectivity index (χ3n) is 3.80. The molecule has 5 nitrogen and oxygen atoms in total. The molecule has 1 amide bonds. The van der Waals surface area contributed by atoms with E-state index in [1.54, 1.807) is 0 Å². The van der Waals surface area contributed by atoms with Crippen molar-refractivity contribution in [3.63, 3.8) is 0 Å². The van der Waals surface area contributed by atoms with E-state index in [2.05, 4.69) is 15.2 Å². The predicted octanol–water partition coefficient (Wildman–Crippen LogP) is 0.985. The second-order valence-electron chi connectivity index (χ2n) is 4.91. The van der Waals surface area contributed by atoms with E-state index < -0.39 is 0 Å². The minimum absolute atomic E-state index is 0.0150. The van der Waals surface area contributed by atoms with Gasteiger partial charge in [0.25, 0.3) is 5.91 Å². The molecule has 0 spiro atoms. The Kier molecular flexibility index (Phi) is 2.19. The highest BCUT2D eigenvalue weighted by Crippen LogP contribution is 2.37. The molecule has 0 radical (unpaired) electrons. The Bertz CT molecular complexity index is 402. The quantitative estimate of drug-likeness (QED) is 0.767. The first-order valence-corrected chi connectivity index (χ1v) is 5.92. The molecular formula is C11H16N4O. The average molecular weight is 220 g/mol. The molecule has 5 heteroatoms. The van der Waals surface area contributed by atoms with Crippen molar-refractivity contribution in [1.82, 2.24) is 20.1 Å². The lowest BCUT2D eigenvalue weighted by Crippen LogP contribution is -2.30. The molecule has 1 aliphatic heterocycles. The molecule has 2 unspecified atom stereocenters. The van der Waals surface area contributed by atoms with Crippen LogP contribution in [-0.2, 0) is 0 Å². The first kappa shape index (κ1) is 9.81. The van der Waals surface area contributed by atoms with Gasteiger partial charge in [-0.3, -0.25) is 9.89 Å². The number of amides is 1. The van der Waals surface area contributed by atoms with Crippen LogP contribution in [0.4, 0.5) is 0 Å². The van der Waals surface area contributed by atoms with E-state index >= 15 is 0 Å². The number of nitrogens with one attached hydrogen (secondary N) is 1. The van der Waals surface area contributed by atoms with Gasteiger partial charge in [-0.25, -0.2) is 4.98 Å². The van der Waals surface area contributed by atoms with Gasteiger partial charge in [0.2, 0.25) is 5.82 Å². The third kappa shape index (κ3) is 1.50. The van der Waals surface area contributed by atoms with Crippen LogP contribution in [-0.4, -0.2) is 39.1 Å². The lowest BCUT2D eigenvalue weighted by atomic mass is 10.0. The van der Waals surface area contributed by atoms with Crippen molar-refractivity contribution in [3.8, 4) is 0 Å². The van der Waals surface area contributed by atoms with Crippen molar-refractivity contribution < 1.29 is 4.79 Å². The summed E-state index contributed by atoms with van der Waals surface area (Å²) >= 11 is 0. The SMILES string of the molecule is Cc1nc(C(=O)N2CC3CCCC3C2)n[nH]1. The number of aromatic amines is 1. The summed E-state index contributed by atoms with van der Waals surface area (Å²) in [5.74, 6) is 2.45. The average Bonchev–Trinajstić information content (AvgIpc) is 2.89. The number of likely N-dealkylation sites (tertiary alicyclic amines) is 1. The molecule has 16 heavy (non-hydrogen) atoms. The fraction of sp³-hybridized carbons (Fsp3) is 0.727.